The number of carbonyl (C=O) groups excluding carboxylic acids is 2. The van der Waals surface area contributed by atoms with Crippen molar-refractivity contribution >= 4 is 46.4 Å². The zero-order chi connectivity index (χ0) is 17.7. The molecule has 24 heavy (non-hydrogen) atoms. The van der Waals surface area contributed by atoms with Gasteiger partial charge in [-0.3, -0.25) is 9.59 Å². The van der Waals surface area contributed by atoms with Crippen LogP contribution >= 0.6 is 23.2 Å². The zero-order valence-electron chi connectivity index (χ0n) is 13.2. The van der Waals surface area contributed by atoms with Crippen molar-refractivity contribution in [3.8, 4) is 5.75 Å². The zero-order valence-corrected chi connectivity index (χ0v) is 14.7. The fraction of sp³-hybridized carbons (Fsp3) is 0.176. The second-order valence-electron chi connectivity index (χ2n) is 4.90. The molecule has 2 rings (SSSR count). The molecule has 0 saturated heterocycles. The van der Waals surface area contributed by atoms with Crippen LogP contribution in [0.15, 0.2) is 36.4 Å². The standard InChI is InChI=1S/C17H16Cl2N2O3/c1-3-16(22)20-11-5-6-13(19)14(9-11)21-17(23)12-8-10(18)4-7-15(12)24-2/h4-9H,3H2,1-2H3,(H,20,22)(H,21,23). The predicted octanol–water partition coefficient (Wildman–Crippen LogP) is 4.60. The number of hydrogen-bond acceptors (Lipinski definition) is 3. The maximum absolute atomic E-state index is 12.5. The molecule has 0 aliphatic heterocycles. The minimum absolute atomic E-state index is 0.133. The fourth-order valence-electron chi connectivity index (χ4n) is 2.00. The summed E-state index contributed by atoms with van der Waals surface area (Å²) >= 11 is 12.1. The van der Waals surface area contributed by atoms with Crippen molar-refractivity contribution in [1.29, 1.82) is 0 Å². The van der Waals surface area contributed by atoms with E-state index in [4.69, 9.17) is 27.9 Å². The van der Waals surface area contributed by atoms with Gasteiger partial charge in [-0.2, -0.15) is 0 Å². The van der Waals surface area contributed by atoms with E-state index in [1.165, 1.54) is 13.2 Å². The molecule has 0 unspecified atom stereocenters. The van der Waals surface area contributed by atoms with E-state index in [0.29, 0.717) is 33.6 Å². The summed E-state index contributed by atoms with van der Waals surface area (Å²) in [5.74, 6) is -0.162. The summed E-state index contributed by atoms with van der Waals surface area (Å²) in [5.41, 5.74) is 1.20. The number of halogens is 2. The molecule has 7 heteroatoms. The predicted molar refractivity (Wildman–Crippen MR) is 96.3 cm³/mol. The van der Waals surface area contributed by atoms with Crippen LogP contribution in [0.2, 0.25) is 10.0 Å². The molecule has 5 nitrogen and oxygen atoms in total. The SMILES string of the molecule is CCC(=O)Nc1ccc(Cl)c(NC(=O)c2cc(Cl)ccc2OC)c1. The number of anilines is 2. The van der Waals surface area contributed by atoms with Gasteiger partial charge in [-0.1, -0.05) is 30.1 Å². The Morgan fingerprint density at radius 3 is 2.50 bits per heavy atom. The van der Waals surface area contributed by atoms with Crippen LogP contribution in [0.1, 0.15) is 23.7 Å². The molecule has 0 radical (unpaired) electrons. The smallest absolute Gasteiger partial charge is 0.259 e. The van der Waals surface area contributed by atoms with Crippen LogP contribution in [0.3, 0.4) is 0 Å². The third-order valence-corrected chi connectivity index (χ3v) is 3.79. The molecule has 0 aromatic heterocycles. The highest BCUT2D eigenvalue weighted by Gasteiger charge is 2.15. The fourth-order valence-corrected chi connectivity index (χ4v) is 2.33. The van der Waals surface area contributed by atoms with Crippen LogP contribution in [-0.2, 0) is 4.79 Å². The third kappa shape index (κ3) is 4.40. The van der Waals surface area contributed by atoms with Gasteiger partial charge in [0.2, 0.25) is 5.91 Å². The Morgan fingerprint density at radius 2 is 1.83 bits per heavy atom. The molecule has 2 aromatic rings. The Balaban J connectivity index is 2.27. The van der Waals surface area contributed by atoms with E-state index in [-0.39, 0.29) is 11.5 Å². The number of nitrogens with one attached hydrogen (secondary N) is 2. The lowest BCUT2D eigenvalue weighted by Crippen LogP contribution is -2.14. The second-order valence-corrected chi connectivity index (χ2v) is 5.74. The average Bonchev–Trinajstić information content (AvgIpc) is 2.57. The largest absolute Gasteiger partial charge is 0.496 e. The maximum atomic E-state index is 12.5. The molecule has 0 fully saturated rings. The van der Waals surface area contributed by atoms with Gasteiger partial charge >= 0.3 is 0 Å². The molecular weight excluding hydrogens is 351 g/mol. The molecule has 0 atom stereocenters. The van der Waals surface area contributed by atoms with Gasteiger partial charge in [0.25, 0.3) is 5.91 Å². The van der Waals surface area contributed by atoms with Gasteiger partial charge in [0.05, 0.1) is 23.4 Å². The van der Waals surface area contributed by atoms with E-state index in [1.54, 1.807) is 37.3 Å². The van der Waals surface area contributed by atoms with E-state index >= 15 is 0 Å². The van der Waals surface area contributed by atoms with Gasteiger partial charge in [0.1, 0.15) is 5.75 Å². The third-order valence-electron chi connectivity index (χ3n) is 3.23. The van der Waals surface area contributed by atoms with Crippen molar-refractivity contribution in [2.24, 2.45) is 0 Å². The second kappa shape index (κ2) is 8.04. The number of carbonyl (C=O) groups is 2. The van der Waals surface area contributed by atoms with Gasteiger partial charge in [-0.25, -0.2) is 0 Å². The highest BCUT2D eigenvalue weighted by atomic mass is 35.5. The van der Waals surface area contributed by atoms with Crippen molar-refractivity contribution in [3.63, 3.8) is 0 Å². The Kier molecular flexibility index (Phi) is 6.06. The van der Waals surface area contributed by atoms with E-state index in [9.17, 15) is 9.59 Å². The van der Waals surface area contributed by atoms with Crippen molar-refractivity contribution in [1.82, 2.24) is 0 Å². The molecule has 2 N–H and O–H groups in total. The summed E-state index contributed by atoms with van der Waals surface area (Å²) in [6, 6.07) is 9.59. The lowest BCUT2D eigenvalue weighted by Gasteiger charge is -2.12. The number of rotatable bonds is 5. The summed E-state index contributed by atoms with van der Waals surface area (Å²) in [4.78, 5) is 24.0. The van der Waals surface area contributed by atoms with Crippen molar-refractivity contribution in [3.05, 3.63) is 52.0 Å². The summed E-state index contributed by atoms with van der Waals surface area (Å²) in [6.45, 7) is 1.75. The van der Waals surface area contributed by atoms with E-state index in [0.717, 1.165) is 0 Å². The van der Waals surface area contributed by atoms with Gasteiger partial charge in [0, 0.05) is 17.1 Å². The first-order valence-corrected chi connectivity index (χ1v) is 7.94. The normalized spacial score (nSPS) is 10.2. The summed E-state index contributed by atoms with van der Waals surface area (Å²) in [5, 5.41) is 6.17. The number of amides is 2. The van der Waals surface area contributed by atoms with Crippen LogP contribution in [0.5, 0.6) is 5.75 Å². The number of benzene rings is 2. The average molecular weight is 367 g/mol. The lowest BCUT2D eigenvalue weighted by molar-refractivity contribution is -0.115. The van der Waals surface area contributed by atoms with Gasteiger partial charge in [-0.15, -0.1) is 0 Å². The summed E-state index contributed by atoms with van der Waals surface area (Å²) in [7, 11) is 1.47. The number of hydrogen-bond donors (Lipinski definition) is 2. The summed E-state index contributed by atoms with van der Waals surface area (Å²) < 4.78 is 5.17. The minimum Gasteiger partial charge on any atom is -0.496 e. The maximum Gasteiger partial charge on any atom is 0.259 e. The van der Waals surface area contributed by atoms with E-state index in [1.807, 2.05) is 0 Å². The van der Waals surface area contributed by atoms with Gasteiger partial charge in [0.15, 0.2) is 0 Å². The number of methoxy groups -OCH3 is 1. The van der Waals surface area contributed by atoms with E-state index < -0.39 is 5.91 Å². The van der Waals surface area contributed by atoms with Crippen LogP contribution in [0.25, 0.3) is 0 Å². The molecule has 126 valence electrons. The topological polar surface area (TPSA) is 67.4 Å². The first kappa shape index (κ1) is 18.1. The Hall–Kier alpha value is -2.24. The number of ether oxygens (including phenoxy) is 1. The molecule has 2 amide bonds. The van der Waals surface area contributed by atoms with Crippen LogP contribution in [0, 0.1) is 0 Å². The first-order valence-electron chi connectivity index (χ1n) is 7.19. The monoisotopic (exact) mass is 366 g/mol. The molecule has 2 aromatic carbocycles. The highest BCUT2D eigenvalue weighted by molar-refractivity contribution is 6.34. The van der Waals surface area contributed by atoms with Crippen molar-refractivity contribution in [2.45, 2.75) is 13.3 Å². The van der Waals surface area contributed by atoms with Gasteiger partial charge in [-0.05, 0) is 36.4 Å². The first-order chi connectivity index (χ1) is 11.4. The molecule has 0 aliphatic rings. The van der Waals surface area contributed by atoms with E-state index in [2.05, 4.69) is 10.6 Å². The molecule has 0 heterocycles. The molecule has 0 spiro atoms. The Bertz CT molecular complexity index is 778. The Labute approximate surface area is 149 Å². The van der Waals surface area contributed by atoms with Gasteiger partial charge < -0.3 is 15.4 Å². The van der Waals surface area contributed by atoms with Crippen LogP contribution in [-0.4, -0.2) is 18.9 Å². The highest BCUT2D eigenvalue weighted by Crippen LogP contribution is 2.28. The summed E-state index contributed by atoms with van der Waals surface area (Å²) in [6.07, 6.45) is 0.351. The van der Waals surface area contributed by atoms with Crippen LogP contribution in [0.4, 0.5) is 11.4 Å². The quantitative estimate of drug-likeness (QED) is 0.812. The lowest BCUT2D eigenvalue weighted by atomic mass is 10.1. The van der Waals surface area contributed by atoms with Crippen LogP contribution < -0.4 is 15.4 Å². The van der Waals surface area contributed by atoms with Crippen molar-refractivity contribution in [2.75, 3.05) is 17.7 Å². The van der Waals surface area contributed by atoms with Crippen molar-refractivity contribution < 1.29 is 14.3 Å². The minimum atomic E-state index is -0.421. The Morgan fingerprint density at radius 1 is 1.08 bits per heavy atom. The molecule has 0 bridgehead atoms. The molecule has 0 aliphatic carbocycles. The molecular formula is C17H16Cl2N2O3. The molecule has 0 saturated carbocycles.